The Morgan fingerprint density at radius 2 is 1.92 bits per heavy atom. The van der Waals surface area contributed by atoms with Gasteiger partial charge in [0.15, 0.2) is 0 Å². The molecule has 2 amide bonds. The third kappa shape index (κ3) is 4.78. The maximum absolute atomic E-state index is 12.3. The fraction of sp³-hybridized carbons (Fsp3) is 0.421. The molecular formula is C19H24ClN3O3. The van der Waals surface area contributed by atoms with E-state index in [1.54, 1.807) is 0 Å². The average Bonchev–Trinajstić information content (AvgIpc) is 3.14. The highest BCUT2D eigenvalue weighted by Gasteiger charge is 2.20. The molecule has 0 aliphatic carbocycles. The fourth-order valence-electron chi connectivity index (χ4n) is 3.02. The highest BCUT2D eigenvalue weighted by molar-refractivity contribution is 6.33. The van der Waals surface area contributed by atoms with Gasteiger partial charge in [0.05, 0.1) is 11.6 Å². The standard InChI is InChI=1S/C19H24ClN3O3/c20-17-5-2-1-4-16(17)18-7-6-15(26-18)14-21-19(25)23-11-9-22(10-12-23)8-3-13-24/h1-2,4-7,24H,3,8-14H2,(H,21,25). The number of furan rings is 1. The summed E-state index contributed by atoms with van der Waals surface area (Å²) < 4.78 is 5.80. The summed E-state index contributed by atoms with van der Waals surface area (Å²) in [5, 5.41) is 12.4. The number of piperazine rings is 1. The third-order valence-electron chi connectivity index (χ3n) is 4.51. The lowest BCUT2D eigenvalue weighted by Gasteiger charge is -2.34. The second-order valence-electron chi connectivity index (χ2n) is 6.31. The number of halogens is 1. The van der Waals surface area contributed by atoms with E-state index in [2.05, 4.69) is 10.2 Å². The van der Waals surface area contributed by atoms with Gasteiger partial charge in [-0.1, -0.05) is 23.7 Å². The van der Waals surface area contributed by atoms with E-state index in [1.165, 1.54) is 0 Å². The molecule has 1 aromatic heterocycles. The normalized spacial score (nSPS) is 15.2. The highest BCUT2D eigenvalue weighted by Crippen LogP contribution is 2.28. The van der Waals surface area contributed by atoms with E-state index in [0.29, 0.717) is 36.2 Å². The summed E-state index contributed by atoms with van der Waals surface area (Å²) in [6, 6.07) is 11.1. The number of aliphatic hydroxyl groups is 1. The van der Waals surface area contributed by atoms with E-state index in [1.807, 2.05) is 41.3 Å². The van der Waals surface area contributed by atoms with Gasteiger partial charge in [-0.25, -0.2) is 4.79 Å². The zero-order valence-electron chi connectivity index (χ0n) is 14.7. The minimum Gasteiger partial charge on any atom is -0.459 e. The molecule has 6 nitrogen and oxygen atoms in total. The van der Waals surface area contributed by atoms with Crippen molar-refractivity contribution in [2.24, 2.45) is 0 Å². The third-order valence-corrected chi connectivity index (χ3v) is 4.84. The predicted octanol–water partition coefficient (Wildman–Crippen LogP) is 2.81. The lowest BCUT2D eigenvalue weighted by atomic mass is 10.2. The first kappa shape index (κ1) is 18.8. The van der Waals surface area contributed by atoms with Crippen LogP contribution in [0.2, 0.25) is 5.02 Å². The molecule has 1 fully saturated rings. The minimum atomic E-state index is -0.0810. The number of nitrogens with one attached hydrogen (secondary N) is 1. The summed E-state index contributed by atoms with van der Waals surface area (Å²) in [7, 11) is 0. The number of carbonyl (C=O) groups excluding carboxylic acids is 1. The van der Waals surface area contributed by atoms with E-state index in [0.717, 1.165) is 31.6 Å². The monoisotopic (exact) mass is 377 g/mol. The van der Waals surface area contributed by atoms with Crippen molar-refractivity contribution >= 4 is 17.6 Å². The van der Waals surface area contributed by atoms with Crippen LogP contribution in [0.5, 0.6) is 0 Å². The molecule has 140 valence electrons. The van der Waals surface area contributed by atoms with Crippen LogP contribution >= 0.6 is 11.6 Å². The van der Waals surface area contributed by atoms with Crippen LogP contribution in [0.3, 0.4) is 0 Å². The summed E-state index contributed by atoms with van der Waals surface area (Å²) in [4.78, 5) is 16.4. The van der Waals surface area contributed by atoms with Crippen molar-refractivity contribution < 1.29 is 14.3 Å². The zero-order valence-corrected chi connectivity index (χ0v) is 15.4. The smallest absolute Gasteiger partial charge is 0.317 e. The van der Waals surface area contributed by atoms with E-state index in [9.17, 15) is 4.79 Å². The number of nitrogens with zero attached hydrogens (tertiary/aromatic N) is 2. The van der Waals surface area contributed by atoms with E-state index >= 15 is 0 Å². The Hall–Kier alpha value is -2.02. The molecule has 2 heterocycles. The lowest BCUT2D eigenvalue weighted by Crippen LogP contribution is -2.51. The molecule has 3 rings (SSSR count). The van der Waals surface area contributed by atoms with E-state index in [4.69, 9.17) is 21.1 Å². The van der Waals surface area contributed by atoms with E-state index < -0.39 is 0 Å². The predicted molar refractivity (Wildman–Crippen MR) is 101 cm³/mol. The van der Waals surface area contributed by atoms with Crippen LogP contribution in [0, 0.1) is 0 Å². The number of carbonyl (C=O) groups is 1. The molecule has 0 saturated carbocycles. The van der Waals surface area contributed by atoms with Crippen LogP contribution in [-0.4, -0.2) is 60.3 Å². The van der Waals surface area contributed by atoms with Gasteiger partial charge >= 0.3 is 6.03 Å². The summed E-state index contributed by atoms with van der Waals surface area (Å²) in [6.45, 7) is 4.49. The Morgan fingerprint density at radius 3 is 2.65 bits per heavy atom. The molecule has 0 atom stereocenters. The average molecular weight is 378 g/mol. The molecule has 2 N–H and O–H groups in total. The van der Waals surface area contributed by atoms with Gasteiger partial charge in [-0.3, -0.25) is 4.90 Å². The van der Waals surface area contributed by atoms with Crippen molar-refractivity contribution in [1.82, 2.24) is 15.1 Å². The molecular weight excluding hydrogens is 354 g/mol. The van der Waals surface area contributed by atoms with Gasteiger partial charge in [0.2, 0.25) is 0 Å². The number of rotatable bonds is 6. The second-order valence-corrected chi connectivity index (χ2v) is 6.72. The van der Waals surface area contributed by atoms with Crippen LogP contribution in [0.15, 0.2) is 40.8 Å². The van der Waals surface area contributed by atoms with Crippen LogP contribution in [-0.2, 0) is 6.54 Å². The Balaban J connectivity index is 1.48. The van der Waals surface area contributed by atoms with E-state index in [-0.39, 0.29) is 12.6 Å². The maximum atomic E-state index is 12.3. The first-order valence-electron chi connectivity index (χ1n) is 8.87. The first-order chi connectivity index (χ1) is 12.7. The molecule has 0 bridgehead atoms. The number of aliphatic hydroxyl groups excluding tert-OH is 1. The zero-order chi connectivity index (χ0) is 18.4. The maximum Gasteiger partial charge on any atom is 0.317 e. The molecule has 26 heavy (non-hydrogen) atoms. The number of benzene rings is 1. The summed E-state index contributed by atoms with van der Waals surface area (Å²) >= 11 is 6.19. The van der Waals surface area contributed by atoms with Gasteiger partial charge in [0, 0.05) is 44.9 Å². The molecule has 1 aliphatic heterocycles. The molecule has 0 spiro atoms. The van der Waals surface area contributed by atoms with Crippen molar-refractivity contribution in [3.05, 3.63) is 47.2 Å². The van der Waals surface area contributed by atoms with Crippen LogP contribution in [0.25, 0.3) is 11.3 Å². The van der Waals surface area contributed by atoms with Crippen molar-refractivity contribution in [3.63, 3.8) is 0 Å². The molecule has 1 saturated heterocycles. The van der Waals surface area contributed by atoms with Gasteiger partial charge in [0.1, 0.15) is 11.5 Å². The first-order valence-corrected chi connectivity index (χ1v) is 9.25. The highest BCUT2D eigenvalue weighted by atomic mass is 35.5. The van der Waals surface area contributed by atoms with Crippen LogP contribution in [0.4, 0.5) is 4.79 Å². The number of hydrogen-bond donors (Lipinski definition) is 2. The Labute approximate surface area is 158 Å². The number of urea groups is 1. The van der Waals surface area contributed by atoms with Crippen molar-refractivity contribution in [2.75, 3.05) is 39.3 Å². The Bertz CT molecular complexity index is 726. The van der Waals surface area contributed by atoms with Crippen molar-refractivity contribution in [1.29, 1.82) is 0 Å². The van der Waals surface area contributed by atoms with Crippen LogP contribution in [0.1, 0.15) is 12.2 Å². The molecule has 0 radical (unpaired) electrons. The minimum absolute atomic E-state index is 0.0810. The largest absolute Gasteiger partial charge is 0.459 e. The molecule has 1 aliphatic rings. The Morgan fingerprint density at radius 1 is 1.15 bits per heavy atom. The summed E-state index contributed by atoms with van der Waals surface area (Å²) in [6.07, 6.45) is 0.776. The van der Waals surface area contributed by atoms with Gasteiger partial charge in [0.25, 0.3) is 0 Å². The van der Waals surface area contributed by atoms with Crippen LogP contribution < -0.4 is 5.32 Å². The van der Waals surface area contributed by atoms with Gasteiger partial charge < -0.3 is 19.7 Å². The molecule has 1 aromatic carbocycles. The summed E-state index contributed by atoms with van der Waals surface area (Å²) in [5.74, 6) is 1.38. The molecule has 0 unspecified atom stereocenters. The number of amides is 2. The van der Waals surface area contributed by atoms with Crippen molar-refractivity contribution in [3.8, 4) is 11.3 Å². The lowest BCUT2D eigenvalue weighted by molar-refractivity contribution is 0.132. The number of hydrogen-bond acceptors (Lipinski definition) is 4. The Kier molecular flexibility index (Phi) is 6.55. The molecule has 2 aromatic rings. The SMILES string of the molecule is O=C(NCc1ccc(-c2ccccc2Cl)o1)N1CCN(CCCO)CC1. The van der Waals surface area contributed by atoms with Gasteiger partial charge in [-0.2, -0.15) is 0 Å². The van der Waals surface area contributed by atoms with Crippen molar-refractivity contribution in [2.45, 2.75) is 13.0 Å². The van der Waals surface area contributed by atoms with Gasteiger partial charge in [-0.05, 0) is 30.7 Å². The quantitative estimate of drug-likeness (QED) is 0.812. The van der Waals surface area contributed by atoms with Gasteiger partial charge in [-0.15, -0.1) is 0 Å². The topological polar surface area (TPSA) is 69.0 Å². The fourth-order valence-corrected chi connectivity index (χ4v) is 3.25. The summed E-state index contributed by atoms with van der Waals surface area (Å²) in [5.41, 5.74) is 0.839. The second kappa shape index (κ2) is 9.07. The molecule has 7 heteroatoms.